The second-order valence-electron chi connectivity index (χ2n) is 5.44. The van der Waals surface area contributed by atoms with E-state index in [4.69, 9.17) is 9.88 Å². The zero-order chi connectivity index (χ0) is 17.8. The van der Waals surface area contributed by atoms with Crippen molar-refractivity contribution in [2.45, 2.75) is 30.1 Å². The highest BCUT2D eigenvalue weighted by atomic mass is 32.2. The maximum absolute atomic E-state index is 14.2. The number of rotatable bonds is 7. The second kappa shape index (κ2) is 7.27. The summed E-state index contributed by atoms with van der Waals surface area (Å²) >= 11 is 0. The average Bonchev–Trinajstić information content (AvgIpc) is 2.54. The molecule has 2 aromatic rings. The molecule has 130 valence electrons. The maximum Gasteiger partial charge on any atom is 0.273 e. The normalized spacial score (nSPS) is 12.2. The van der Waals surface area contributed by atoms with Crippen molar-refractivity contribution in [1.82, 2.24) is 0 Å². The lowest BCUT2D eigenvalue weighted by molar-refractivity contribution is -0.0151. The van der Waals surface area contributed by atoms with Crippen LogP contribution in [0.15, 0.2) is 53.4 Å². The smallest absolute Gasteiger partial charge is 0.273 e. The molecule has 7 heteroatoms. The number of methoxy groups -OCH3 is 1. The summed E-state index contributed by atoms with van der Waals surface area (Å²) in [6, 6.07) is 11.9. The van der Waals surface area contributed by atoms with E-state index in [1.807, 2.05) is 0 Å². The zero-order valence-electron chi connectivity index (χ0n) is 13.2. The summed E-state index contributed by atoms with van der Waals surface area (Å²) < 4.78 is 56.6. The Morgan fingerprint density at radius 2 is 1.79 bits per heavy atom. The molecule has 0 unspecified atom stereocenters. The van der Waals surface area contributed by atoms with Crippen molar-refractivity contribution in [2.75, 3.05) is 7.11 Å². The standard InChI is InChI=1S/C17H19F2NO3S/c1-23-15-9-10-16(24(20,21)22)13(12-15)6-5-11-17(18,19)14-7-3-2-4-8-14/h2-4,7-10,12H,5-6,11H2,1H3,(H2,20,21,22). The molecule has 0 aromatic heterocycles. The van der Waals surface area contributed by atoms with Crippen LogP contribution in [-0.4, -0.2) is 15.5 Å². The summed E-state index contributed by atoms with van der Waals surface area (Å²) in [5, 5.41) is 5.18. The number of hydrogen-bond acceptors (Lipinski definition) is 3. The number of aryl methyl sites for hydroxylation is 1. The van der Waals surface area contributed by atoms with Crippen LogP contribution in [0, 0.1) is 0 Å². The lowest BCUT2D eigenvalue weighted by Crippen LogP contribution is -2.16. The molecule has 4 nitrogen and oxygen atoms in total. The zero-order valence-corrected chi connectivity index (χ0v) is 14.0. The van der Waals surface area contributed by atoms with Crippen molar-refractivity contribution in [2.24, 2.45) is 5.14 Å². The second-order valence-corrected chi connectivity index (χ2v) is 6.97. The third-order valence-corrected chi connectivity index (χ3v) is 4.72. The van der Waals surface area contributed by atoms with Crippen LogP contribution in [0.3, 0.4) is 0 Å². The Bertz CT molecular complexity index is 793. The number of ether oxygens (including phenoxy) is 1. The summed E-state index contributed by atoms with van der Waals surface area (Å²) in [5.74, 6) is -2.52. The molecule has 24 heavy (non-hydrogen) atoms. The van der Waals surface area contributed by atoms with Crippen LogP contribution in [-0.2, 0) is 22.4 Å². The highest BCUT2D eigenvalue weighted by Crippen LogP contribution is 2.33. The molecule has 0 spiro atoms. The number of halogens is 2. The van der Waals surface area contributed by atoms with E-state index in [0.29, 0.717) is 11.3 Å². The van der Waals surface area contributed by atoms with Crippen molar-refractivity contribution in [1.29, 1.82) is 0 Å². The topological polar surface area (TPSA) is 69.4 Å². The van der Waals surface area contributed by atoms with E-state index < -0.39 is 22.4 Å². The van der Waals surface area contributed by atoms with Crippen molar-refractivity contribution in [3.63, 3.8) is 0 Å². The molecule has 0 amide bonds. The molecular formula is C17H19F2NO3S. The first-order chi connectivity index (χ1) is 11.2. The fourth-order valence-electron chi connectivity index (χ4n) is 2.48. The molecule has 0 aliphatic heterocycles. The van der Waals surface area contributed by atoms with Gasteiger partial charge in [-0.15, -0.1) is 0 Å². The first-order valence-corrected chi connectivity index (χ1v) is 8.92. The van der Waals surface area contributed by atoms with Gasteiger partial charge in [-0.1, -0.05) is 30.3 Å². The lowest BCUT2D eigenvalue weighted by atomic mass is 10.0. The Labute approximate surface area is 140 Å². The van der Waals surface area contributed by atoms with E-state index in [1.165, 1.54) is 37.4 Å². The summed E-state index contributed by atoms with van der Waals surface area (Å²) in [5.41, 5.74) is 0.322. The fraction of sp³-hybridized carbons (Fsp3) is 0.294. The minimum atomic E-state index is -3.92. The predicted molar refractivity (Wildman–Crippen MR) is 87.6 cm³/mol. The van der Waals surface area contributed by atoms with Crippen LogP contribution < -0.4 is 9.88 Å². The lowest BCUT2D eigenvalue weighted by Gasteiger charge is -2.17. The van der Waals surface area contributed by atoms with E-state index in [-0.39, 0.29) is 23.3 Å². The number of primary sulfonamides is 1. The molecule has 0 saturated heterocycles. The molecule has 0 saturated carbocycles. The van der Waals surface area contributed by atoms with Gasteiger partial charge in [-0.3, -0.25) is 0 Å². The molecule has 2 aromatic carbocycles. The summed E-state index contributed by atoms with van der Waals surface area (Å²) in [6.07, 6.45) is -0.124. The van der Waals surface area contributed by atoms with E-state index in [9.17, 15) is 17.2 Å². The third-order valence-electron chi connectivity index (χ3n) is 3.71. The summed E-state index contributed by atoms with van der Waals surface area (Å²) in [7, 11) is -2.48. The van der Waals surface area contributed by atoms with Gasteiger partial charge in [0.25, 0.3) is 5.92 Å². The van der Waals surface area contributed by atoms with Crippen LogP contribution in [0.5, 0.6) is 5.75 Å². The van der Waals surface area contributed by atoms with Gasteiger partial charge < -0.3 is 4.74 Å². The third kappa shape index (κ3) is 4.52. The minimum Gasteiger partial charge on any atom is -0.497 e. The quantitative estimate of drug-likeness (QED) is 0.827. The minimum absolute atomic E-state index is 0.0534. The van der Waals surface area contributed by atoms with Crippen molar-refractivity contribution in [3.8, 4) is 5.75 Å². The Morgan fingerprint density at radius 3 is 2.38 bits per heavy atom. The number of hydrogen-bond donors (Lipinski definition) is 1. The van der Waals surface area contributed by atoms with Gasteiger partial charge in [0.1, 0.15) is 5.75 Å². The van der Waals surface area contributed by atoms with Gasteiger partial charge in [0.15, 0.2) is 0 Å². The van der Waals surface area contributed by atoms with Crippen LogP contribution >= 0.6 is 0 Å². The van der Waals surface area contributed by atoms with Crippen LogP contribution in [0.25, 0.3) is 0 Å². The van der Waals surface area contributed by atoms with Crippen molar-refractivity contribution in [3.05, 3.63) is 59.7 Å². The van der Waals surface area contributed by atoms with Gasteiger partial charge in [-0.2, -0.15) is 0 Å². The molecule has 0 fully saturated rings. The van der Waals surface area contributed by atoms with Crippen LogP contribution in [0.2, 0.25) is 0 Å². The highest BCUT2D eigenvalue weighted by molar-refractivity contribution is 7.89. The summed E-state index contributed by atoms with van der Waals surface area (Å²) in [4.78, 5) is -0.0636. The SMILES string of the molecule is COc1ccc(S(N)(=O)=O)c(CCCC(F)(F)c2ccccc2)c1. The van der Waals surface area contributed by atoms with Crippen LogP contribution in [0.1, 0.15) is 24.0 Å². The van der Waals surface area contributed by atoms with Crippen molar-refractivity contribution >= 4 is 10.0 Å². The molecule has 2 rings (SSSR count). The van der Waals surface area contributed by atoms with Gasteiger partial charge in [0.2, 0.25) is 10.0 Å². The van der Waals surface area contributed by atoms with Gasteiger partial charge in [-0.25, -0.2) is 22.3 Å². The molecule has 0 heterocycles. The number of nitrogens with two attached hydrogens (primary N) is 1. The summed E-state index contributed by atoms with van der Waals surface area (Å²) in [6.45, 7) is 0. The maximum atomic E-state index is 14.2. The Morgan fingerprint density at radius 1 is 1.12 bits per heavy atom. The number of alkyl halides is 2. The Hall–Kier alpha value is -1.99. The first kappa shape index (κ1) is 18.4. The van der Waals surface area contributed by atoms with E-state index >= 15 is 0 Å². The monoisotopic (exact) mass is 355 g/mol. The van der Waals surface area contributed by atoms with Gasteiger partial charge in [0, 0.05) is 12.0 Å². The average molecular weight is 355 g/mol. The Balaban J connectivity index is 2.14. The fourth-order valence-corrected chi connectivity index (χ4v) is 3.27. The van der Waals surface area contributed by atoms with Crippen LogP contribution in [0.4, 0.5) is 8.78 Å². The predicted octanol–water partition coefficient (Wildman–Crippen LogP) is 3.46. The molecule has 0 radical (unpaired) electrons. The van der Waals surface area contributed by atoms with E-state index in [1.54, 1.807) is 18.2 Å². The number of benzene rings is 2. The molecular weight excluding hydrogens is 336 g/mol. The van der Waals surface area contributed by atoms with E-state index in [0.717, 1.165) is 0 Å². The molecule has 2 N–H and O–H groups in total. The molecule has 0 atom stereocenters. The molecule has 0 bridgehead atoms. The van der Waals surface area contributed by atoms with E-state index in [2.05, 4.69) is 0 Å². The number of sulfonamides is 1. The molecule has 0 aliphatic rings. The van der Waals surface area contributed by atoms with Crippen molar-refractivity contribution < 1.29 is 21.9 Å². The van der Waals surface area contributed by atoms with Gasteiger partial charge in [0.05, 0.1) is 12.0 Å². The molecule has 0 aliphatic carbocycles. The van der Waals surface area contributed by atoms with Gasteiger partial charge in [-0.05, 0) is 36.6 Å². The van der Waals surface area contributed by atoms with Gasteiger partial charge >= 0.3 is 0 Å². The highest BCUT2D eigenvalue weighted by Gasteiger charge is 2.30. The largest absolute Gasteiger partial charge is 0.497 e. The first-order valence-electron chi connectivity index (χ1n) is 7.37. The Kier molecular flexibility index (Phi) is 5.56.